The second-order valence-corrected chi connectivity index (χ2v) is 7.27. The zero-order valence-electron chi connectivity index (χ0n) is 19.3. The number of amides is 1. The predicted octanol–water partition coefficient (Wildman–Crippen LogP) is 0.461. The van der Waals surface area contributed by atoms with Gasteiger partial charge < -0.3 is 35.1 Å². The molecule has 35 heavy (non-hydrogen) atoms. The van der Waals surface area contributed by atoms with Crippen LogP contribution in [0.4, 0.5) is 0 Å². The number of nitrogens with two attached hydrogens (primary N) is 1. The van der Waals surface area contributed by atoms with Gasteiger partial charge in [0.25, 0.3) is 5.91 Å². The molecule has 1 saturated heterocycles. The predicted molar refractivity (Wildman–Crippen MR) is 120 cm³/mol. The van der Waals surface area contributed by atoms with Crippen molar-refractivity contribution in [3.8, 4) is 11.5 Å². The Labute approximate surface area is 201 Å². The van der Waals surface area contributed by atoms with E-state index < -0.39 is 35.7 Å². The van der Waals surface area contributed by atoms with E-state index in [-0.39, 0.29) is 37.0 Å². The normalized spacial score (nSPS) is 17.7. The highest BCUT2D eigenvalue weighted by Gasteiger charge is 2.27. The molecule has 2 atom stereocenters. The van der Waals surface area contributed by atoms with Crippen LogP contribution in [-0.4, -0.2) is 66.3 Å². The molecule has 0 bridgehead atoms. The molecule has 0 radical (unpaired) electrons. The number of carbonyl (C=O) groups is 4. The minimum absolute atomic E-state index is 0.0773. The zero-order chi connectivity index (χ0) is 25.8. The summed E-state index contributed by atoms with van der Waals surface area (Å²) in [7, 11) is 1.33. The average Bonchev–Trinajstić information content (AvgIpc) is 2.90. The second-order valence-electron chi connectivity index (χ2n) is 7.27. The molecule has 2 heterocycles. The van der Waals surface area contributed by atoms with Gasteiger partial charge in [0.05, 0.1) is 19.6 Å². The Bertz CT molecular complexity index is 1030. The number of cyclic esters (lactones) is 2. The van der Waals surface area contributed by atoms with E-state index in [4.69, 9.17) is 24.7 Å². The molecule has 1 fully saturated rings. The highest BCUT2D eigenvalue weighted by atomic mass is 16.6. The van der Waals surface area contributed by atoms with Crippen LogP contribution >= 0.6 is 0 Å². The summed E-state index contributed by atoms with van der Waals surface area (Å²) < 4.78 is 19.5. The van der Waals surface area contributed by atoms with Crippen molar-refractivity contribution in [1.29, 1.82) is 0 Å². The molecule has 1 aliphatic rings. The van der Waals surface area contributed by atoms with E-state index in [0.29, 0.717) is 6.61 Å². The van der Waals surface area contributed by atoms with Crippen molar-refractivity contribution in [3.05, 3.63) is 53.9 Å². The van der Waals surface area contributed by atoms with Crippen molar-refractivity contribution in [2.24, 2.45) is 5.73 Å². The Hall–Kier alpha value is -4.19. The summed E-state index contributed by atoms with van der Waals surface area (Å²) in [6.45, 7) is 1.32. The molecule has 2 aromatic rings. The summed E-state index contributed by atoms with van der Waals surface area (Å²) in [4.78, 5) is 49.5. The summed E-state index contributed by atoms with van der Waals surface area (Å²) in [6.07, 6.45) is 0.980. The average molecular weight is 489 g/mol. The largest absolute Gasteiger partial charge is 0.503 e. The number of benzene rings is 1. The summed E-state index contributed by atoms with van der Waals surface area (Å²) >= 11 is 0. The number of ether oxygens (including phenoxy) is 4. The van der Waals surface area contributed by atoms with Gasteiger partial charge in [-0.15, -0.1) is 0 Å². The number of aromatic nitrogens is 1. The van der Waals surface area contributed by atoms with Gasteiger partial charge in [0.2, 0.25) is 0 Å². The third-order valence-electron chi connectivity index (χ3n) is 4.50. The van der Waals surface area contributed by atoms with Crippen molar-refractivity contribution < 1.29 is 43.2 Å². The maximum atomic E-state index is 12.2. The van der Waals surface area contributed by atoms with Crippen LogP contribution in [0.15, 0.2) is 42.6 Å². The van der Waals surface area contributed by atoms with Crippen molar-refractivity contribution >= 4 is 23.8 Å². The summed E-state index contributed by atoms with van der Waals surface area (Å²) in [5.41, 5.74) is 6.22. The third kappa shape index (κ3) is 8.93. The fourth-order valence-electron chi connectivity index (χ4n) is 2.72. The van der Waals surface area contributed by atoms with Gasteiger partial charge in [-0.3, -0.25) is 19.2 Å². The number of hydrogen-bond donors (Lipinski definition) is 3. The standard InChI is InChI=1S/C14H17N3O7.C9H10O2/c1-22-9-2-3-16-11(12(9)19)13(20)17-7-5-23-10(18)4-8(15)14(21)24-6-7;1-8(10)11-7-9-5-3-2-4-6-9/h2-3,7-8,19H,4-6,15H2,1H3,(H,17,20);2-6H,7H2,1H3. The number of esters is 3. The van der Waals surface area contributed by atoms with Gasteiger partial charge in [0, 0.05) is 19.2 Å². The molecule has 3 rings (SSSR count). The van der Waals surface area contributed by atoms with Gasteiger partial charge >= 0.3 is 17.9 Å². The molecule has 1 aromatic carbocycles. The molecule has 12 nitrogen and oxygen atoms in total. The van der Waals surface area contributed by atoms with Crippen LogP contribution in [0.25, 0.3) is 0 Å². The van der Waals surface area contributed by atoms with Crippen LogP contribution in [0, 0.1) is 0 Å². The summed E-state index contributed by atoms with van der Waals surface area (Å²) in [5, 5.41) is 12.4. The maximum absolute atomic E-state index is 12.2. The zero-order valence-corrected chi connectivity index (χ0v) is 19.3. The molecule has 12 heteroatoms. The first-order chi connectivity index (χ1) is 16.7. The van der Waals surface area contributed by atoms with Crippen LogP contribution in [0.5, 0.6) is 11.5 Å². The Morgan fingerprint density at radius 3 is 2.51 bits per heavy atom. The van der Waals surface area contributed by atoms with Gasteiger partial charge in [0.15, 0.2) is 17.2 Å². The quantitative estimate of drug-likeness (QED) is 0.393. The molecule has 0 saturated carbocycles. The monoisotopic (exact) mass is 489 g/mol. The van der Waals surface area contributed by atoms with Crippen LogP contribution < -0.4 is 15.8 Å². The minimum Gasteiger partial charge on any atom is -0.503 e. The first-order valence-corrected chi connectivity index (χ1v) is 10.5. The fraction of sp³-hybridized carbons (Fsp3) is 0.348. The molecule has 188 valence electrons. The molecule has 2 unspecified atom stereocenters. The topological polar surface area (TPSA) is 176 Å². The highest BCUT2D eigenvalue weighted by Crippen LogP contribution is 2.27. The van der Waals surface area contributed by atoms with Crippen molar-refractivity contribution in [2.45, 2.75) is 32.0 Å². The Morgan fingerprint density at radius 1 is 1.17 bits per heavy atom. The number of nitrogens with zero attached hydrogens (tertiary/aromatic N) is 1. The van der Waals surface area contributed by atoms with Gasteiger partial charge in [0.1, 0.15) is 25.9 Å². The van der Waals surface area contributed by atoms with E-state index in [9.17, 15) is 24.3 Å². The van der Waals surface area contributed by atoms with Gasteiger partial charge in [-0.25, -0.2) is 4.98 Å². The third-order valence-corrected chi connectivity index (χ3v) is 4.50. The van der Waals surface area contributed by atoms with Gasteiger partial charge in [-0.1, -0.05) is 30.3 Å². The van der Waals surface area contributed by atoms with Gasteiger partial charge in [-0.05, 0) is 5.56 Å². The lowest BCUT2D eigenvalue weighted by Crippen LogP contribution is -2.42. The van der Waals surface area contributed by atoms with Crippen LogP contribution in [0.1, 0.15) is 29.4 Å². The molecule has 1 amide bonds. The van der Waals surface area contributed by atoms with Gasteiger partial charge in [-0.2, -0.15) is 0 Å². The Kier molecular flexibility index (Phi) is 10.4. The fourth-order valence-corrected chi connectivity index (χ4v) is 2.72. The molecule has 0 spiro atoms. The Balaban J connectivity index is 0.000000328. The van der Waals surface area contributed by atoms with E-state index in [1.807, 2.05) is 30.3 Å². The number of pyridine rings is 1. The minimum atomic E-state index is -1.11. The molecule has 1 aromatic heterocycles. The maximum Gasteiger partial charge on any atom is 0.323 e. The van der Waals surface area contributed by atoms with E-state index in [1.54, 1.807) is 0 Å². The number of nitrogens with one attached hydrogen (secondary N) is 1. The summed E-state index contributed by atoms with van der Waals surface area (Å²) in [5.74, 6) is -2.79. The molecule has 0 aliphatic carbocycles. The van der Waals surface area contributed by atoms with Crippen molar-refractivity contribution in [3.63, 3.8) is 0 Å². The molecule has 4 N–H and O–H groups in total. The van der Waals surface area contributed by atoms with E-state index >= 15 is 0 Å². The number of aromatic hydroxyl groups is 1. The number of carbonyl (C=O) groups excluding carboxylic acids is 4. The lowest BCUT2D eigenvalue weighted by Gasteiger charge is -2.17. The van der Waals surface area contributed by atoms with Crippen LogP contribution in [0.3, 0.4) is 0 Å². The smallest absolute Gasteiger partial charge is 0.323 e. The second kappa shape index (κ2) is 13.5. The van der Waals surface area contributed by atoms with Crippen molar-refractivity contribution in [2.75, 3.05) is 20.3 Å². The van der Waals surface area contributed by atoms with Crippen LogP contribution in [-0.2, 0) is 35.2 Å². The van der Waals surface area contributed by atoms with E-state index in [0.717, 1.165) is 5.56 Å². The highest BCUT2D eigenvalue weighted by molar-refractivity contribution is 5.95. The number of rotatable bonds is 5. The SMILES string of the molecule is CC(=O)OCc1ccccc1.COc1ccnc(C(=O)NC2COC(=O)CC(N)C(=O)OC2)c1O. The van der Waals surface area contributed by atoms with E-state index in [2.05, 4.69) is 10.3 Å². The molecule has 1 aliphatic heterocycles. The van der Waals surface area contributed by atoms with E-state index in [1.165, 1.54) is 26.3 Å². The lowest BCUT2D eigenvalue weighted by atomic mass is 10.2. The number of hydrogen-bond acceptors (Lipinski definition) is 11. The molecular formula is C23H27N3O9. The first-order valence-electron chi connectivity index (χ1n) is 10.5. The lowest BCUT2D eigenvalue weighted by molar-refractivity contribution is -0.148. The first kappa shape index (κ1) is 27.1. The summed E-state index contributed by atoms with van der Waals surface area (Å²) in [6, 6.07) is 9.05. The van der Waals surface area contributed by atoms with Crippen LogP contribution in [0.2, 0.25) is 0 Å². The van der Waals surface area contributed by atoms with Crippen molar-refractivity contribution in [1.82, 2.24) is 10.3 Å². The Morgan fingerprint density at radius 2 is 1.86 bits per heavy atom. The number of methoxy groups -OCH3 is 1. The molecular weight excluding hydrogens is 462 g/mol.